The average Bonchev–Trinajstić information content (AvgIpc) is 2.42. The lowest BCUT2D eigenvalue weighted by molar-refractivity contribution is -0.137. The number of hydrogen-bond donors (Lipinski definition) is 3. The minimum absolute atomic E-state index is 0.0620. The van der Waals surface area contributed by atoms with E-state index >= 15 is 0 Å². The van der Waals surface area contributed by atoms with Crippen LogP contribution >= 0.6 is 0 Å². The smallest absolute Gasteiger partial charge is 0.317 e. The molecule has 124 valence electrons. The van der Waals surface area contributed by atoms with Crippen molar-refractivity contribution in [1.82, 2.24) is 5.32 Å². The second-order valence-electron chi connectivity index (χ2n) is 5.60. The number of carboxylic acids is 2. The summed E-state index contributed by atoms with van der Waals surface area (Å²) in [5.74, 6) is -1.48. The zero-order valence-electron chi connectivity index (χ0n) is 13.1. The Kier molecular flexibility index (Phi) is 14.5. The zero-order chi connectivity index (χ0) is 15.8. The lowest BCUT2D eigenvalue weighted by atomic mass is 10.1. The van der Waals surface area contributed by atoms with Gasteiger partial charge in [-0.15, -0.1) is 0 Å². The summed E-state index contributed by atoms with van der Waals surface area (Å²) in [4.78, 5) is 20.6. The van der Waals surface area contributed by atoms with Crippen molar-refractivity contribution >= 4 is 11.9 Å². The van der Waals surface area contributed by atoms with Gasteiger partial charge in [-0.1, -0.05) is 57.8 Å². The molecule has 0 rings (SSSR count). The van der Waals surface area contributed by atoms with E-state index in [2.05, 4.69) is 5.32 Å². The van der Waals surface area contributed by atoms with Crippen molar-refractivity contribution in [2.24, 2.45) is 0 Å². The molecule has 0 saturated heterocycles. The fourth-order valence-electron chi connectivity index (χ4n) is 2.31. The molecule has 3 N–H and O–H groups in total. The molecule has 0 aromatic heterocycles. The first kappa shape index (κ1) is 19.9. The minimum Gasteiger partial charge on any atom is -0.481 e. The summed E-state index contributed by atoms with van der Waals surface area (Å²) in [6.45, 7) is 0.856. The van der Waals surface area contributed by atoms with E-state index in [1.165, 1.54) is 44.9 Å². The quantitative estimate of drug-likeness (QED) is 0.380. The molecule has 5 nitrogen and oxygen atoms in total. The summed E-state index contributed by atoms with van der Waals surface area (Å²) in [6.07, 6.45) is 13.1. The summed E-state index contributed by atoms with van der Waals surface area (Å²) in [5, 5.41) is 19.8. The van der Waals surface area contributed by atoms with Gasteiger partial charge in [0.05, 0.1) is 6.54 Å². The minimum atomic E-state index is -0.794. The van der Waals surface area contributed by atoms with Crippen LogP contribution in [0.1, 0.15) is 77.0 Å². The van der Waals surface area contributed by atoms with E-state index in [0.29, 0.717) is 6.42 Å². The van der Waals surface area contributed by atoms with Gasteiger partial charge < -0.3 is 15.5 Å². The van der Waals surface area contributed by atoms with E-state index in [1.54, 1.807) is 0 Å². The van der Waals surface area contributed by atoms with Crippen LogP contribution in [0.15, 0.2) is 0 Å². The molecule has 5 heteroatoms. The Morgan fingerprint density at radius 1 is 0.619 bits per heavy atom. The molecule has 0 aromatic rings. The molecule has 0 radical (unpaired) electrons. The lowest BCUT2D eigenvalue weighted by Crippen LogP contribution is -2.23. The lowest BCUT2D eigenvalue weighted by Gasteiger charge is -2.03. The van der Waals surface area contributed by atoms with Gasteiger partial charge in [0.1, 0.15) is 0 Å². The molecular weight excluding hydrogens is 270 g/mol. The predicted molar refractivity (Wildman–Crippen MR) is 83.5 cm³/mol. The molecule has 0 unspecified atom stereocenters. The van der Waals surface area contributed by atoms with Gasteiger partial charge in [-0.2, -0.15) is 0 Å². The standard InChI is InChI=1S/C16H31NO4/c18-15(19)12-10-8-6-4-2-1-3-5-7-9-11-13-17-14-16(20)21/h17H,1-14H2,(H,18,19)(H,20,21). The van der Waals surface area contributed by atoms with Crippen molar-refractivity contribution in [2.75, 3.05) is 13.1 Å². The maximum absolute atomic E-state index is 10.3. The van der Waals surface area contributed by atoms with Gasteiger partial charge in [-0.25, -0.2) is 0 Å². The highest BCUT2D eigenvalue weighted by molar-refractivity contribution is 5.68. The number of aliphatic carboxylic acids is 2. The fourth-order valence-corrected chi connectivity index (χ4v) is 2.31. The fraction of sp³-hybridized carbons (Fsp3) is 0.875. The second kappa shape index (κ2) is 15.3. The number of nitrogens with one attached hydrogen (secondary N) is 1. The number of carboxylic acid groups (broad SMARTS) is 2. The second-order valence-corrected chi connectivity index (χ2v) is 5.60. The number of unbranched alkanes of at least 4 members (excludes halogenated alkanes) is 10. The third-order valence-electron chi connectivity index (χ3n) is 3.52. The largest absolute Gasteiger partial charge is 0.481 e. The molecule has 0 saturated carbocycles. The molecule has 0 bridgehead atoms. The molecular formula is C16H31NO4. The summed E-state index contributed by atoms with van der Waals surface area (Å²) >= 11 is 0. The third-order valence-corrected chi connectivity index (χ3v) is 3.52. The monoisotopic (exact) mass is 301 g/mol. The molecule has 0 aliphatic heterocycles. The first-order chi connectivity index (χ1) is 10.1. The summed E-state index contributed by atoms with van der Waals surface area (Å²) in [5.41, 5.74) is 0. The molecule has 0 fully saturated rings. The summed E-state index contributed by atoms with van der Waals surface area (Å²) < 4.78 is 0. The van der Waals surface area contributed by atoms with Crippen molar-refractivity contribution in [3.63, 3.8) is 0 Å². The number of carbonyl (C=O) groups is 2. The van der Waals surface area contributed by atoms with Crippen molar-refractivity contribution in [3.05, 3.63) is 0 Å². The first-order valence-corrected chi connectivity index (χ1v) is 8.27. The predicted octanol–water partition coefficient (Wildman–Crippen LogP) is 3.43. The van der Waals surface area contributed by atoms with Crippen LogP contribution in [0.25, 0.3) is 0 Å². The van der Waals surface area contributed by atoms with Crippen molar-refractivity contribution in [1.29, 1.82) is 0 Å². The van der Waals surface area contributed by atoms with Gasteiger partial charge in [-0.3, -0.25) is 9.59 Å². The van der Waals surface area contributed by atoms with Gasteiger partial charge in [-0.05, 0) is 19.4 Å². The Hall–Kier alpha value is -1.10. The molecule has 0 atom stereocenters. The molecule has 0 aromatic carbocycles. The van der Waals surface area contributed by atoms with E-state index in [4.69, 9.17) is 10.2 Å². The Balaban J connectivity index is 2.99. The Bertz CT molecular complexity index is 243. The van der Waals surface area contributed by atoms with Gasteiger partial charge in [0.2, 0.25) is 0 Å². The third kappa shape index (κ3) is 18.9. The molecule has 0 spiro atoms. The molecule has 0 heterocycles. The summed E-state index contributed by atoms with van der Waals surface area (Å²) in [7, 11) is 0. The zero-order valence-corrected chi connectivity index (χ0v) is 13.1. The van der Waals surface area contributed by atoms with Crippen LogP contribution in [0.5, 0.6) is 0 Å². The molecule has 21 heavy (non-hydrogen) atoms. The average molecular weight is 301 g/mol. The maximum Gasteiger partial charge on any atom is 0.317 e. The van der Waals surface area contributed by atoms with E-state index in [1.807, 2.05) is 0 Å². The van der Waals surface area contributed by atoms with Gasteiger partial charge in [0, 0.05) is 6.42 Å². The van der Waals surface area contributed by atoms with Crippen molar-refractivity contribution in [3.8, 4) is 0 Å². The van der Waals surface area contributed by atoms with Crippen LogP contribution in [0.4, 0.5) is 0 Å². The van der Waals surface area contributed by atoms with E-state index < -0.39 is 11.9 Å². The van der Waals surface area contributed by atoms with Crippen LogP contribution < -0.4 is 5.32 Å². The Morgan fingerprint density at radius 2 is 1.05 bits per heavy atom. The van der Waals surface area contributed by atoms with Crippen LogP contribution in [0.2, 0.25) is 0 Å². The Morgan fingerprint density at radius 3 is 1.48 bits per heavy atom. The van der Waals surface area contributed by atoms with Gasteiger partial charge in [0.15, 0.2) is 0 Å². The van der Waals surface area contributed by atoms with Crippen LogP contribution in [0, 0.1) is 0 Å². The first-order valence-electron chi connectivity index (χ1n) is 8.27. The summed E-state index contributed by atoms with van der Waals surface area (Å²) in [6, 6.07) is 0. The van der Waals surface area contributed by atoms with Crippen LogP contribution in [0.3, 0.4) is 0 Å². The van der Waals surface area contributed by atoms with E-state index in [-0.39, 0.29) is 6.54 Å². The SMILES string of the molecule is O=C(O)CCCCCCCCCCCCCNCC(=O)O. The topological polar surface area (TPSA) is 86.6 Å². The van der Waals surface area contributed by atoms with Crippen molar-refractivity contribution in [2.45, 2.75) is 77.0 Å². The molecule has 0 amide bonds. The molecule has 0 aliphatic rings. The maximum atomic E-state index is 10.3. The highest BCUT2D eigenvalue weighted by atomic mass is 16.4. The van der Waals surface area contributed by atoms with E-state index in [0.717, 1.165) is 32.2 Å². The normalized spacial score (nSPS) is 10.7. The van der Waals surface area contributed by atoms with Gasteiger partial charge >= 0.3 is 11.9 Å². The number of hydrogen-bond acceptors (Lipinski definition) is 3. The highest BCUT2D eigenvalue weighted by Crippen LogP contribution is 2.11. The Labute approximate surface area is 128 Å². The van der Waals surface area contributed by atoms with Crippen molar-refractivity contribution < 1.29 is 19.8 Å². The van der Waals surface area contributed by atoms with E-state index in [9.17, 15) is 9.59 Å². The van der Waals surface area contributed by atoms with Crippen LogP contribution in [-0.4, -0.2) is 35.2 Å². The number of rotatable bonds is 16. The highest BCUT2D eigenvalue weighted by Gasteiger charge is 1.97. The van der Waals surface area contributed by atoms with Gasteiger partial charge in [0.25, 0.3) is 0 Å². The molecule has 0 aliphatic carbocycles. The van der Waals surface area contributed by atoms with Crippen LogP contribution in [-0.2, 0) is 9.59 Å².